The summed E-state index contributed by atoms with van der Waals surface area (Å²) >= 11 is 0. The third kappa shape index (κ3) is 2.30. The molecule has 0 bridgehead atoms. The largest absolute Gasteiger partial charge is 0.382 e. The predicted octanol–water partition coefficient (Wildman–Crippen LogP) is -0.116. The molecule has 0 saturated carbocycles. The van der Waals surface area contributed by atoms with Crippen molar-refractivity contribution in [2.24, 2.45) is 11.5 Å². The van der Waals surface area contributed by atoms with Gasteiger partial charge in [-0.1, -0.05) is 18.2 Å². The Morgan fingerprint density at radius 1 is 1.41 bits per heavy atom. The summed E-state index contributed by atoms with van der Waals surface area (Å²) in [7, 11) is 0. The van der Waals surface area contributed by atoms with Crippen LogP contribution in [0.1, 0.15) is 5.56 Å². The summed E-state index contributed by atoms with van der Waals surface area (Å²) in [5, 5.41) is 10.5. The number of hydrogen-bond acceptors (Lipinski definition) is 3. The average Bonchev–Trinajstić information content (AvgIpc) is 2.71. The third-order valence-electron chi connectivity index (χ3n) is 2.83. The zero-order chi connectivity index (χ0) is 12.4. The van der Waals surface area contributed by atoms with Gasteiger partial charge in [-0.25, -0.2) is 0 Å². The number of aromatic amines is 1. The van der Waals surface area contributed by atoms with Crippen molar-refractivity contribution in [2.45, 2.75) is 18.6 Å². The molecule has 0 fully saturated rings. The van der Waals surface area contributed by atoms with Gasteiger partial charge in [-0.2, -0.15) is 0 Å². The molecule has 1 heterocycles. The molecule has 0 aliphatic carbocycles. The van der Waals surface area contributed by atoms with E-state index in [0.717, 1.165) is 16.5 Å². The molecule has 17 heavy (non-hydrogen) atoms. The van der Waals surface area contributed by atoms with Gasteiger partial charge in [0.05, 0.1) is 0 Å². The zero-order valence-electron chi connectivity index (χ0n) is 9.26. The molecule has 1 unspecified atom stereocenters. The second-order valence-corrected chi connectivity index (χ2v) is 4.07. The highest BCUT2D eigenvalue weighted by atomic mass is 16.3. The van der Waals surface area contributed by atoms with E-state index in [-0.39, 0.29) is 0 Å². The van der Waals surface area contributed by atoms with E-state index in [9.17, 15) is 9.90 Å². The highest BCUT2D eigenvalue weighted by Crippen LogP contribution is 2.19. The summed E-state index contributed by atoms with van der Waals surface area (Å²) in [5.41, 5.74) is 12.7. The zero-order valence-corrected chi connectivity index (χ0v) is 9.26. The van der Waals surface area contributed by atoms with Crippen LogP contribution >= 0.6 is 0 Å². The lowest BCUT2D eigenvalue weighted by Crippen LogP contribution is -2.45. The molecular weight excluding hydrogens is 218 g/mol. The summed E-state index contributed by atoms with van der Waals surface area (Å²) in [6.45, 7) is 0. The monoisotopic (exact) mass is 233 g/mol. The second kappa shape index (κ2) is 4.57. The van der Waals surface area contributed by atoms with E-state index in [1.54, 1.807) is 0 Å². The molecule has 2 aromatic rings. The minimum absolute atomic E-state index is 0.397. The van der Waals surface area contributed by atoms with E-state index in [0.29, 0.717) is 6.42 Å². The maximum absolute atomic E-state index is 10.8. The van der Waals surface area contributed by atoms with Crippen LogP contribution < -0.4 is 11.5 Å². The Labute approximate surface area is 98.4 Å². The van der Waals surface area contributed by atoms with Crippen molar-refractivity contribution in [2.75, 3.05) is 0 Å². The molecule has 0 aliphatic rings. The van der Waals surface area contributed by atoms with Crippen molar-refractivity contribution in [1.29, 1.82) is 0 Å². The molecule has 0 aliphatic heterocycles. The fourth-order valence-corrected chi connectivity index (χ4v) is 1.88. The maximum atomic E-state index is 10.8. The van der Waals surface area contributed by atoms with E-state index >= 15 is 0 Å². The lowest BCUT2D eigenvalue weighted by atomic mass is 10.0. The van der Waals surface area contributed by atoms with Crippen molar-refractivity contribution in [1.82, 2.24) is 4.98 Å². The van der Waals surface area contributed by atoms with E-state index < -0.39 is 18.1 Å². The van der Waals surface area contributed by atoms with Gasteiger partial charge in [0.2, 0.25) is 5.91 Å². The van der Waals surface area contributed by atoms with Crippen LogP contribution in [0.15, 0.2) is 30.5 Å². The number of nitrogens with two attached hydrogens (primary N) is 2. The first kappa shape index (κ1) is 11.6. The Morgan fingerprint density at radius 3 is 2.82 bits per heavy atom. The summed E-state index contributed by atoms with van der Waals surface area (Å²) in [5.74, 6) is -0.794. The quantitative estimate of drug-likeness (QED) is 0.591. The maximum Gasteiger partial charge on any atom is 0.247 e. The van der Waals surface area contributed by atoms with Crippen molar-refractivity contribution in [3.8, 4) is 0 Å². The van der Waals surface area contributed by atoms with Gasteiger partial charge in [0.25, 0.3) is 0 Å². The number of aliphatic hydroxyl groups excluding tert-OH is 1. The predicted molar refractivity (Wildman–Crippen MR) is 65.2 cm³/mol. The number of fused-ring (bicyclic) bond motifs is 1. The molecule has 2 atom stereocenters. The van der Waals surface area contributed by atoms with Crippen LogP contribution in [-0.4, -0.2) is 28.1 Å². The van der Waals surface area contributed by atoms with Crippen LogP contribution in [0.3, 0.4) is 0 Å². The SMILES string of the molecule is NC(=O)C(O)[C@@H](N)Cc1c[nH]c2ccccc12. The molecule has 0 radical (unpaired) electrons. The Morgan fingerprint density at radius 2 is 2.12 bits per heavy atom. The van der Waals surface area contributed by atoms with Crippen LogP contribution in [0, 0.1) is 0 Å². The molecule has 0 spiro atoms. The van der Waals surface area contributed by atoms with E-state index in [4.69, 9.17) is 11.5 Å². The Kier molecular flexibility index (Phi) is 3.12. The van der Waals surface area contributed by atoms with Crippen LogP contribution in [0.2, 0.25) is 0 Å². The number of carbonyl (C=O) groups is 1. The lowest BCUT2D eigenvalue weighted by Gasteiger charge is -2.15. The number of benzene rings is 1. The van der Waals surface area contributed by atoms with Gasteiger partial charge in [-0.15, -0.1) is 0 Å². The highest BCUT2D eigenvalue weighted by Gasteiger charge is 2.21. The van der Waals surface area contributed by atoms with Crippen LogP contribution in [-0.2, 0) is 11.2 Å². The first-order chi connectivity index (χ1) is 8.09. The Hall–Kier alpha value is -1.85. The van der Waals surface area contributed by atoms with Crippen LogP contribution in [0.25, 0.3) is 10.9 Å². The number of amides is 1. The van der Waals surface area contributed by atoms with Crippen molar-refractivity contribution >= 4 is 16.8 Å². The molecule has 1 aromatic carbocycles. The Balaban J connectivity index is 2.21. The molecule has 1 amide bonds. The van der Waals surface area contributed by atoms with Crippen molar-refractivity contribution < 1.29 is 9.90 Å². The minimum Gasteiger partial charge on any atom is -0.382 e. The summed E-state index contributed by atoms with van der Waals surface area (Å²) in [6, 6.07) is 7.09. The molecule has 0 saturated heterocycles. The summed E-state index contributed by atoms with van der Waals surface area (Å²) in [6.07, 6.45) is 0.912. The second-order valence-electron chi connectivity index (χ2n) is 4.07. The highest BCUT2D eigenvalue weighted by molar-refractivity contribution is 5.83. The van der Waals surface area contributed by atoms with Crippen molar-refractivity contribution in [3.05, 3.63) is 36.0 Å². The first-order valence-corrected chi connectivity index (χ1v) is 5.37. The molecule has 5 heteroatoms. The number of rotatable bonds is 4. The fourth-order valence-electron chi connectivity index (χ4n) is 1.88. The number of aromatic nitrogens is 1. The first-order valence-electron chi connectivity index (χ1n) is 5.37. The minimum atomic E-state index is -1.32. The number of para-hydroxylation sites is 1. The molecule has 5 nitrogen and oxygen atoms in total. The van der Waals surface area contributed by atoms with E-state index in [2.05, 4.69) is 4.98 Å². The van der Waals surface area contributed by atoms with E-state index in [1.165, 1.54) is 0 Å². The summed E-state index contributed by atoms with van der Waals surface area (Å²) in [4.78, 5) is 13.9. The molecule has 1 aromatic heterocycles. The van der Waals surface area contributed by atoms with Crippen LogP contribution in [0.5, 0.6) is 0 Å². The van der Waals surface area contributed by atoms with Gasteiger partial charge in [0, 0.05) is 23.1 Å². The van der Waals surface area contributed by atoms with Crippen LogP contribution in [0.4, 0.5) is 0 Å². The number of nitrogens with one attached hydrogen (secondary N) is 1. The number of H-pyrrole nitrogens is 1. The van der Waals surface area contributed by atoms with Gasteiger partial charge in [0.15, 0.2) is 0 Å². The molecule has 90 valence electrons. The van der Waals surface area contributed by atoms with Gasteiger partial charge in [-0.05, 0) is 18.1 Å². The third-order valence-corrected chi connectivity index (χ3v) is 2.83. The molecule has 6 N–H and O–H groups in total. The lowest BCUT2D eigenvalue weighted by molar-refractivity contribution is -0.126. The normalized spacial score (nSPS) is 14.7. The number of primary amides is 1. The number of aliphatic hydroxyl groups is 1. The molecule has 2 rings (SSSR count). The van der Waals surface area contributed by atoms with Gasteiger partial charge >= 0.3 is 0 Å². The molecular formula is C12H15N3O2. The summed E-state index contributed by atoms with van der Waals surface area (Å²) < 4.78 is 0. The topological polar surface area (TPSA) is 105 Å². The van der Waals surface area contributed by atoms with Crippen molar-refractivity contribution in [3.63, 3.8) is 0 Å². The van der Waals surface area contributed by atoms with E-state index in [1.807, 2.05) is 30.5 Å². The standard InChI is InChI=1S/C12H15N3O2/c13-9(11(16)12(14)17)5-7-6-15-10-4-2-1-3-8(7)10/h1-4,6,9,11,15-16H,5,13H2,(H2,14,17)/t9-,11?/m0/s1. The number of carbonyl (C=O) groups excluding carboxylic acids is 1. The Bertz CT molecular complexity index is 535. The smallest absolute Gasteiger partial charge is 0.247 e. The van der Waals surface area contributed by atoms with Gasteiger partial charge in [0.1, 0.15) is 6.10 Å². The fraction of sp³-hybridized carbons (Fsp3) is 0.250. The number of hydrogen-bond donors (Lipinski definition) is 4. The van der Waals surface area contributed by atoms with Gasteiger partial charge < -0.3 is 21.6 Å². The average molecular weight is 233 g/mol. The van der Waals surface area contributed by atoms with Gasteiger partial charge in [-0.3, -0.25) is 4.79 Å².